The maximum absolute atomic E-state index is 5.99. The van der Waals surface area contributed by atoms with Crippen LogP contribution in [0, 0.1) is 0 Å². The molecule has 8 heteroatoms. The van der Waals surface area contributed by atoms with Crippen LogP contribution in [0.25, 0.3) is 22.3 Å². The first kappa shape index (κ1) is 34.1. The monoisotopic (exact) mass is 654 g/mol. The molecule has 2 fully saturated rings. The highest BCUT2D eigenvalue weighted by atomic mass is 16.6. The van der Waals surface area contributed by atoms with E-state index in [1.807, 2.05) is 24.3 Å². The number of hydrogen-bond donors (Lipinski definition) is 0. The second-order valence-electron chi connectivity index (χ2n) is 12.1. The summed E-state index contributed by atoms with van der Waals surface area (Å²) in [6, 6.07) is 33.3. The van der Waals surface area contributed by atoms with Crippen LogP contribution >= 0.6 is 0 Å². The molecule has 2 aliphatic heterocycles. The molecule has 4 aromatic carbocycles. The highest BCUT2D eigenvalue weighted by molar-refractivity contribution is 5.65. The Bertz CT molecular complexity index is 1380. The Morgan fingerprint density at radius 2 is 0.792 bits per heavy atom. The zero-order chi connectivity index (χ0) is 33.0. The molecule has 2 aliphatic rings. The van der Waals surface area contributed by atoms with Gasteiger partial charge in [0.15, 0.2) is 0 Å². The van der Waals surface area contributed by atoms with Crippen molar-refractivity contribution < 1.29 is 37.9 Å². The molecule has 8 nitrogen and oxygen atoms in total. The average molecular weight is 655 g/mol. The van der Waals surface area contributed by atoms with Crippen LogP contribution in [-0.2, 0) is 28.4 Å². The third-order valence-corrected chi connectivity index (χ3v) is 8.38. The fraction of sp³-hybridized carbons (Fsp3) is 0.400. The lowest BCUT2D eigenvalue weighted by atomic mass is 10.0. The summed E-state index contributed by atoms with van der Waals surface area (Å²) in [6.07, 6.45) is 0.477. The highest BCUT2D eigenvalue weighted by Gasteiger charge is 2.23. The lowest BCUT2D eigenvalue weighted by Gasteiger charge is -2.15. The van der Waals surface area contributed by atoms with Crippen LogP contribution < -0.4 is 9.47 Å². The van der Waals surface area contributed by atoms with Gasteiger partial charge in [-0.15, -0.1) is 0 Å². The summed E-state index contributed by atoms with van der Waals surface area (Å²) in [7, 11) is 0. The average Bonchev–Trinajstić information content (AvgIpc) is 4.07. The van der Waals surface area contributed by atoms with Gasteiger partial charge in [-0.05, 0) is 71.5 Å². The minimum Gasteiger partial charge on any atom is -0.491 e. The molecule has 0 N–H and O–H groups in total. The molecular weight excluding hydrogens is 608 g/mol. The Balaban J connectivity index is 0.787. The third kappa shape index (κ3) is 10.9. The van der Waals surface area contributed by atoms with Gasteiger partial charge in [0.1, 0.15) is 36.9 Å². The van der Waals surface area contributed by atoms with Gasteiger partial charge in [0, 0.05) is 0 Å². The number of epoxide rings is 2. The quantitative estimate of drug-likeness (QED) is 0.0677. The third-order valence-electron chi connectivity index (χ3n) is 8.38. The van der Waals surface area contributed by atoms with E-state index in [1.54, 1.807) is 0 Å². The molecule has 0 bridgehead atoms. The van der Waals surface area contributed by atoms with Crippen molar-refractivity contribution in [3.8, 4) is 33.8 Å². The van der Waals surface area contributed by atoms with Gasteiger partial charge < -0.3 is 37.9 Å². The van der Waals surface area contributed by atoms with Crippen molar-refractivity contribution in [1.82, 2.24) is 0 Å². The standard InChI is InChI=1S/C40H46O8/c1-29(31-3-7-33(8-4-31)35-11-15-37(16-12-35)45-25-39-27-47-39)43-23-21-41-19-20-42-22-24-44-30(2)32-5-9-34(10-6-32)36-13-17-38(18-14-36)46-26-40-28-48-40/h3-18,29-30,39-40H,19-28H2,1-2H3. The van der Waals surface area contributed by atoms with E-state index >= 15 is 0 Å². The summed E-state index contributed by atoms with van der Waals surface area (Å²) < 4.78 is 45.2. The predicted octanol–water partition coefficient (Wildman–Crippen LogP) is 7.46. The van der Waals surface area contributed by atoms with Gasteiger partial charge in [0.05, 0.1) is 65.1 Å². The lowest BCUT2D eigenvalue weighted by Crippen LogP contribution is -2.13. The Morgan fingerprint density at radius 3 is 1.12 bits per heavy atom. The van der Waals surface area contributed by atoms with Crippen LogP contribution in [-0.4, -0.2) is 78.3 Å². The van der Waals surface area contributed by atoms with Crippen LogP contribution in [0.3, 0.4) is 0 Å². The Hall–Kier alpha value is -3.76. The smallest absolute Gasteiger partial charge is 0.119 e. The normalized spacial score (nSPS) is 17.9. The fourth-order valence-electron chi connectivity index (χ4n) is 5.17. The molecule has 4 aromatic rings. The molecule has 0 spiro atoms. The summed E-state index contributed by atoms with van der Waals surface area (Å²) in [5.41, 5.74) is 6.88. The molecule has 0 amide bonds. The van der Waals surface area contributed by atoms with Crippen LogP contribution in [0.2, 0.25) is 0 Å². The van der Waals surface area contributed by atoms with Gasteiger partial charge in [-0.1, -0.05) is 72.8 Å². The molecule has 0 radical (unpaired) electrons. The van der Waals surface area contributed by atoms with Crippen molar-refractivity contribution in [1.29, 1.82) is 0 Å². The van der Waals surface area contributed by atoms with Crippen molar-refractivity contribution in [3.05, 3.63) is 108 Å². The zero-order valence-corrected chi connectivity index (χ0v) is 27.9. The largest absolute Gasteiger partial charge is 0.491 e. The molecule has 2 heterocycles. The van der Waals surface area contributed by atoms with E-state index in [-0.39, 0.29) is 24.4 Å². The highest BCUT2D eigenvalue weighted by Crippen LogP contribution is 2.27. The Morgan fingerprint density at radius 1 is 0.479 bits per heavy atom. The van der Waals surface area contributed by atoms with Gasteiger partial charge in [-0.25, -0.2) is 0 Å². The summed E-state index contributed by atoms with van der Waals surface area (Å²) in [4.78, 5) is 0. The Kier molecular flexibility index (Phi) is 12.5. The molecule has 254 valence electrons. The van der Waals surface area contributed by atoms with Crippen molar-refractivity contribution in [2.75, 3.05) is 66.1 Å². The van der Waals surface area contributed by atoms with E-state index < -0.39 is 0 Å². The molecule has 0 aliphatic carbocycles. The van der Waals surface area contributed by atoms with E-state index in [4.69, 9.17) is 37.9 Å². The summed E-state index contributed by atoms with van der Waals surface area (Å²) in [5.74, 6) is 1.73. The van der Waals surface area contributed by atoms with Gasteiger partial charge in [-0.3, -0.25) is 0 Å². The fourth-order valence-corrected chi connectivity index (χ4v) is 5.17. The topological polar surface area (TPSA) is 80.4 Å². The first-order valence-electron chi connectivity index (χ1n) is 16.9. The minimum absolute atomic E-state index is 0.0196. The predicted molar refractivity (Wildman–Crippen MR) is 185 cm³/mol. The molecule has 4 unspecified atom stereocenters. The van der Waals surface area contributed by atoms with Gasteiger partial charge in [0.2, 0.25) is 0 Å². The second-order valence-corrected chi connectivity index (χ2v) is 12.1. The number of rotatable bonds is 21. The van der Waals surface area contributed by atoms with E-state index in [9.17, 15) is 0 Å². The van der Waals surface area contributed by atoms with Crippen molar-refractivity contribution in [2.24, 2.45) is 0 Å². The van der Waals surface area contributed by atoms with Crippen LogP contribution in [0.15, 0.2) is 97.1 Å². The summed E-state index contributed by atoms with van der Waals surface area (Å²) in [6.45, 7) is 10.1. The second kappa shape index (κ2) is 17.6. The molecule has 0 aromatic heterocycles. The number of ether oxygens (including phenoxy) is 8. The van der Waals surface area contributed by atoms with Crippen molar-refractivity contribution in [2.45, 2.75) is 38.3 Å². The lowest BCUT2D eigenvalue weighted by molar-refractivity contribution is -0.0237. The van der Waals surface area contributed by atoms with Crippen LogP contribution in [0.4, 0.5) is 0 Å². The molecular formula is C40H46O8. The number of hydrogen-bond acceptors (Lipinski definition) is 8. The SMILES string of the molecule is CC(OCCOCCOCCOC(C)c1ccc(-c2ccc(OCC3CO3)cc2)cc1)c1ccc(-c2ccc(OCC3CO3)cc2)cc1. The van der Waals surface area contributed by atoms with E-state index in [2.05, 4.69) is 86.6 Å². The molecule has 0 saturated carbocycles. The first-order chi connectivity index (χ1) is 23.6. The van der Waals surface area contributed by atoms with Crippen LogP contribution in [0.5, 0.6) is 11.5 Å². The Labute approximate surface area is 283 Å². The maximum Gasteiger partial charge on any atom is 0.119 e. The number of benzene rings is 4. The van der Waals surface area contributed by atoms with E-state index in [1.165, 1.54) is 0 Å². The molecule has 2 saturated heterocycles. The van der Waals surface area contributed by atoms with E-state index in [0.29, 0.717) is 52.9 Å². The van der Waals surface area contributed by atoms with Gasteiger partial charge >= 0.3 is 0 Å². The first-order valence-corrected chi connectivity index (χ1v) is 16.9. The minimum atomic E-state index is -0.0196. The van der Waals surface area contributed by atoms with Crippen molar-refractivity contribution >= 4 is 0 Å². The summed E-state index contributed by atoms with van der Waals surface area (Å²) >= 11 is 0. The molecule has 48 heavy (non-hydrogen) atoms. The maximum atomic E-state index is 5.99. The van der Waals surface area contributed by atoms with Crippen molar-refractivity contribution in [3.63, 3.8) is 0 Å². The zero-order valence-electron chi connectivity index (χ0n) is 27.9. The van der Waals surface area contributed by atoms with E-state index in [0.717, 1.165) is 58.1 Å². The van der Waals surface area contributed by atoms with Gasteiger partial charge in [0.25, 0.3) is 0 Å². The summed E-state index contributed by atoms with van der Waals surface area (Å²) in [5, 5.41) is 0. The molecule has 6 rings (SSSR count). The van der Waals surface area contributed by atoms with Crippen LogP contribution in [0.1, 0.15) is 37.2 Å². The molecule has 4 atom stereocenters. The van der Waals surface area contributed by atoms with Gasteiger partial charge in [-0.2, -0.15) is 0 Å².